The van der Waals surface area contributed by atoms with Crippen molar-refractivity contribution in [2.75, 3.05) is 6.61 Å². The van der Waals surface area contributed by atoms with Crippen LogP contribution in [-0.4, -0.2) is 34.8 Å². The molecule has 1 fully saturated rings. The molecule has 0 atom stereocenters. The quantitative estimate of drug-likeness (QED) is 0.344. The van der Waals surface area contributed by atoms with Crippen molar-refractivity contribution in [3.05, 3.63) is 11.8 Å². The molecule has 1 aliphatic heterocycles. The molecule has 0 aromatic rings. The van der Waals surface area contributed by atoms with Gasteiger partial charge in [-0.15, -0.1) is 0 Å². The van der Waals surface area contributed by atoms with Gasteiger partial charge in [-0.2, -0.15) is 5.06 Å². The molecule has 0 radical (unpaired) electrons. The van der Waals surface area contributed by atoms with Crippen molar-refractivity contribution in [3.63, 3.8) is 0 Å². The van der Waals surface area contributed by atoms with Crippen LogP contribution in [0.1, 0.15) is 92.9 Å². The largest absolute Gasteiger partial charge is 0.459 e. The maximum absolute atomic E-state index is 12.0. The lowest BCUT2D eigenvalue weighted by molar-refractivity contribution is -0.293. The van der Waals surface area contributed by atoms with E-state index in [1.807, 2.05) is 0 Å². The van der Waals surface area contributed by atoms with Crippen molar-refractivity contribution in [1.82, 2.24) is 5.06 Å². The first-order chi connectivity index (χ1) is 12.1. The van der Waals surface area contributed by atoms with Crippen LogP contribution in [0.4, 0.5) is 0 Å². The lowest BCUT2D eigenvalue weighted by Crippen LogP contribution is -2.62. The van der Waals surface area contributed by atoms with Crippen molar-refractivity contribution in [3.8, 4) is 0 Å². The first-order valence-electron chi connectivity index (χ1n) is 10.2. The van der Waals surface area contributed by atoms with Gasteiger partial charge >= 0.3 is 5.97 Å². The fourth-order valence-corrected chi connectivity index (χ4v) is 3.96. The number of hydroxylamine groups is 2. The summed E-state index contributed by atoms with van der Waals surface area (Å²) in [5, 5.41) is 2.13. The molecule has 0 amide bonds. The van der Waals surface area contributed by atoms with Crippen LogP contribution >= 0.6 is 0 Å². The lowest BCUT2D eigenvalue weighted by Gasteiger charge is -2.53. The van der Waals surface area contributed by atoms with E-state index >= 15 is 0 Å². The second-order valence-electron chi connectivity index (χ2n) is 8.81. The van der Waals surface area contributed by atoms with Gasteiger partial charge in [0.15, 0.2) is 0 Å². The van der Waals surface area contributed by atoms with Gasteiger partial charge in [-0.25, -0.2) is 4.79 Å². The summed E-state index contributed by atoms with van der Waals surface area (Å²) < 4.78 is 5.67. The van der Waals surface area contributed by atoms with E-state index in [4.69, 9.17) is 15.3 Å². The van der Waals surface area contributed by atoms with E-state index in [1.165, 1.54) is 38.3 Å². The van der Waals surface area contributed by atoms with Crippen molar-refractivity contribution in [2.24, 2.45) is 5.73 Å². The minimum atomic E-state index is -0.328. The molecule has 0 saturated carbocycles. The van der Waals surface area contributed by atoms with Gasteiger partial charge in [-0.05, 0) is 41.0 Å². The molecule has 152 valence electrons. The highest BCUT2D eigenvalue weighted by molar-refractivity contribution is 5.87. The molecule has 2 N–H and O–H groups in total. The number of hydrogen-bond acceptors (Lipinski definition) is 5. The zero-order chi connectivity index (χ0) is 19.8. The zero-order valence-corrected chi connectivity index (χ0v) is 17.8. The first-order valence-corrected chi connectivity index (χ1v) is 10.2. The molecule has 0 unspecified atom stereocenters. The Hall–Kier alpha value is -1.07. The summed E-state index contributed by atoms with van der Waals surface area (Å²) in [6.07, 6.45) is 10.2. The van der Waals surface area contributed by atoms with Gasteiger partial charge in [-0.3, -0.25) is 4.84 Å². The third-order valence-corrected chi connectivity index (χ3v) is 5.12. The number of nitrogens with two attached hydrogens (primary N) is 1. The molecule has 0 aromatic carbocycles. The van der Waals surface area contributed by atoms with Crippen LogP contribution < -0.4 is 5.73 Å². The lowest BCUT2D eigenvalue weighted by atomic mass is 9.80. The molecule has 5 nitrogen and oxygen atoms in total. The fourth-order valence-electron chi connectivity index (χ4n) is 3.96. The van der Waals surface area contributed by atoms with E-state index in [-0.39, 0.29) is 23.2 Å². The monoisotopic (exact) mass is 368 g/mol. The summed E-state index contributed by atoms with van der Waals surface area (Å²) >= 11 is 0. The van der Waals surface area contributed by atoms with Gasteiger partial charge in [-0.1, -0.05) is 39.0 Å². The van der Waals surface area contributed by atoms with Gasteiger partial charge in [0, 0.05) is 35.7 Å². The molecule has 1 saturated heterocycles. The molecular formula is C21H40N2O3. The van der Waals surface area contributed by atoms with Crippen LogP contribution in [0.25, 0.3) is 0 Å². The second kappa shape index (κ2) is 10.3. The minimum absolute atomic E-state index is 0.128. The molecule has 5 heteroatoms. The number of nitrogens with zero attached hydrogens (tertiary/aromatic N) is 1. The molecule has 0 aromatic heterocycles. The number of carbonyl (C=O) groups excluding carboxylic acids is 1. The highest BCUT2D eigenvalue weighted by Crippen LogP contribution is 2.40. The summed E-state index contributed by atoms with van der Waals surface area (Å²) in [5.41, 5.74) is 5.47. The number of ether oxygens (including phenoxy) is 1. The summed E-state index contributed by atoms with van der Waals surface area (Å²) in [4.78, 5) is 18.3. The number of carbonyl (C=O) groups is 1. The predicted octanol–water partition coefficient (Wildman–Crippen LogP) is 4.71. The van der Waals surface area contributed by atoms with Crippen molar-refractivity contribution in [1.29, 1.82) is 0 Å². The van der Waals surface area contributed by atoms with Gasteiger partial charge in [0.1, 0.15) is 6.10 Å². The second-order valence-corrected chi connectivity index (χ2v) is 8.81. The number of esters is 1. The molecule has 26 heavy (non-hydrogen) atoms. The Morgan fingerprint density at radius 1 is 1.08 bits per heavy atom. The standard InChI is InChI=1S/C21H40N2O3/c1-7-8-9-10-11-12-13-25-23-20(3,4)14-18(15-21(23,5)6)26-19(24)17(2)16-22/h16,18H,7-15,22H2,1-6H3. The molecule has 1 aliphatic rings. The number of rotatable bonds is 10. The number of unbranched alkanes of at least 4 members (excludes halogenated alkanes) is 5. The van der Waals surface area contributed by atoms with Crippen LogP contribution in [0.5, 0.6) is 0 Å². The minimum Gasteiger partial charge on any atom is -0.459 e. The Labute approximate surface area is 160 Å². The van der Waals surface area contributed by atoms with Crippen LogP contribution in [0, 0.1) is 0 Å². The van der Waals surface area contributed by atoms with Gasteiger partial charge in [0.25, 0.3) is 0 Å². The van der Waals surface area contributed by atoms with E-state index in [2.05, 4.69) is 39.7 Å². The van der Waals surface area contributed by atoms with Crippen molar-refractivity contribution < 1.29 is 14.4 Å². The average Bonchev–Trinajstić information content (AvgIpc) is 2.54. The van der Waals surface area contributed by atoms with Gasteiger partial charge in [0.05, 0.1) is 6.61 Å². The normalized spacial score (nSPS) is 20.9. The highest BCUT2D eigenvalue weighted by Gasteiger charge is 2.47. The van der Waals surface area contributed by atoms with Crippen LogP contribution in [0.3, 0.4) is 0 Å². The maximum atomic E-state index is 12.0. The molecule has 1 heterocycles. The Bertz CT molecular complexity index is 454. The van der Waals surface area contributed by atoms with E-state index in [0.29, 0.717) is 5.57 Å². The fraction of sp³-hybridized carbons (Fsp3) is 0.857. The molecule has 1 rings (SSSR count). The van der Waals surface area contributed by atoms with Crippen LogP contribution in [0.2, 0.25) is 0 Å². The summed E-state index contributed by atoms with van der Waals surface area (Å²) in [6.45, 7) is 13.3. The molecule has 0 bridgehead atoms. The van der Waals surface area contributed by atoms with E-state index in [1.54, 1.807) is 6.92 Å². The SMILES string of the molecule is CCCCCCCCON1C(C)(C)CC(OC(=O)C(C)=CN)CC1(C)C. The molecule has 0 aliphatic carbocycles. The Kier molecular flexibility index (Phi) is 9.11. The molecule has 0 spiro atoms. The van der Waals surface area contributed by atoms with E-state index in [0.717, 1.165) is 25.9 Å². The first kappa shape index (κ1) is 23.0. The summed E-state index contributed by atoms with van der Waals surface area (Å²) in [5.74, 6) is -0.328. The average molecular weight is 369 g/mol. The van der Waals surface area contributed by atoms with Crippen molar-refractivity contribution in [2.45, 2.75) is 110 Å². The highest BCUT2D eigenvalue weighted by atomic mass is 16.7. The Morgan fingerprint density at radius 3 is 2.15 bits per heavy atom. The van der Waals surface area contributed by atoms with E-state index in [9.17, 15) is 4.79 Å². The van der Waals surface area contributed by atoms with Crippen molar-refractivity contribution >= 4 is 5.97 Å². The summed E-state index contributed by atoms with van der Waals surface area (Å²) in [6, 6.07) is 0. The smallest absolute Gasteiger partial charge is 0.335 e. The van der Waals surface area contributed by atoms with Crippen LogP contribution in [-0.2, 0) is 14.4 Å². The third-order valence-electron chi connectivity index (χ3n) is 5.12. The third kappa shape index (κ3) is 6.92. The number of piperidine rings is 1. The maximum Gasteiger partial charge on any atom is 0.335 e. The topological polar surface area (TPSA) is 64.8 Å². The summed E-state index contributed by atoms with van der Waals surface area (Å²) in [7, 11) is 0. The number of hydrogen-bond donors (Lipinski definition) is 1. The Morgan fingerprint density at radius 2 is 1.62 bits per heavy atom. The van der Waals surface area contributed by atoms with Gasteiger partial charge < -0.3 is 10.5 Å². The van der Waals surface area contributed by atoms with E-state index < -0.39 is 0 Å². The van der Waals surface area contributed by atoms with Crippen LogP contribution in [0.15, 0.2) is 11.8 Å². The Balaban J connectivity index is 2.55. The predicted molar refractivity (Wildman–Crippen MR) is 106 cm³/mol. The zero-order valence-electron chi connectivity index (χ0n) is 17.8. The molecular weight excluding hydrogens is 328 g/mol. The van der Waals surface area contributed by atoms with Gasteiger partial charge in [0.2, 0.25) is 0 Å².